The number of unbranched alkanes of at least 4 members (excludes halogenated alkanes) is 1. The van der Waals surface area contributed by atoms with Crippen molar-refractivity contribution in [2.45, 2.75) is 39.3 Å². The largest absolute Gasteiger partial charge is 0.331 e. The van der Waals surface area contributed by atoms with Crippen LogP contribution >= 0.6 is 0 Å². The Bertz CT molecular complexity index is 1560. The molecule has 8 nitrogen and oxygen atoms in total. The predicted octanol–water partition coefficient (Wildman–Crippen LogP) is 4.06. The Balaban J connectivity index is 1.46. The molecule has 0 spiro atoms. The summed E-state index contributed by atoms with van der Waals surface area (Å²) in [5.41, 5.74) is 1.45. The molecule has 0 bridgehead atoms. The van der Waals surface area contributed by atoms with E-state index in [4.69, 9.17) is 0 Å². The van der Waals surface area contributed by atoms with E-state index in [1.165, 1.54) is 28.8 Å². The quantitative estimate of drug-likeness (QED) is 0.337. The number of aromatic nitrogens is 2. The second kappa shape index (κ2) is 11.5. The summed E-state index contributed by atoms with van der Waals surface area (Å²) in [4.78, 5) is 51.3. The van der Waals surface area contributed by atoms with E-state index in [0.717, 1.165) is 10.1 Å². The minimum absolute atomic E-state index is 0.103. The Morgan fingerprint density at radius 2 is 1.54 bits per heavy atom. The van der Waals surface area contributed by atoms with E-state index in [9.17, 15) is 23.6 Å². The number of aryl methyl sites for hydroxylation is 1. The lowest BCUT2D eigenvalue weighted by Gasteiger charge is -2.14. The fourth-order valence-electron chi connectivity index (χ4n) is 4.10. The molecule has 0 unspecified atom stereocenters. The Morgan fingerprint density at radius 1 is 0.811 bits per heavy atom. The van der Waals surface area contributed by atoms with Gasteiger partial charge in [0.1, 0.15) is 12.4 Å². The number of fused-ring (bicyclic) bond motifs is 1. The smallest absolute Gasteiger partial charge is 0.326 e. The van der Waals surface area contributed by atoms with Gasteiger partial charge in [0.2, 0.25) is 11.8 Å². The third kappa shape index (κ3) is 6.38. The zero-order valence-electron chi connectivity index (χ0n) is 20.4. The summed E-state index contributed by atoms with van der Waals surface area (Å²) >= 11 is 0. The van der Waals surface area contributed by atoms with Crippen molar-refractivity contribution in [3.8, 4) is 0 Å². The number of halogens is 1. The Hall–Kier alpha value is -4.53. The minimum Gasteiger partial charge on any atom is -0.326 e. The van der Waals surface area contributed by atoms with Gasteiger partial charge in [-0.15, -0.1) is 0 Å². The van der Waals surface area contributed by atoms with Gasteiger partial charge in [0.25, 0.3) is 5.56 Å². The topological polar surface area (TPSA) is 102 Å². The molecule has 0 saturated carbocycles. The van der Waals surface area contributed by atoms with Gasteiger partial charge in [-0.25, -0.2) is 9.18 Å². The molecule has 3 aromatic carbocycles. The monoisotopic (exact) mass is 502 g/mol. The number of para-hydroxylation sites is 1. The highest BCUT2D eigenvalue weighted by atomic mass is 19.1. The molecule has 1 heterocycles. The summed E-state index contributed by atoms with van der Waals surface area (Å²) in [6, 6.07) is 19.5. The van der Waals surface area contributed by atoms with Crippen LogP contribution in [0.3, 0.4) is 0 Å². The zero-order valence-corrected chi connectivity index (χ0v) is 20.4. The minimum atomic E-state index is -0.584. The van der Waals surface area contributed by atoms with Crippen LogP contribution in [0.1, 0.15) is 24.8 Å². The SMILES string of the molecule is Cc1cccc(NC(=O)Cn2c(=O)n(CCCCC(=O)Nc3ccc(F)cc3)c(=O)c3ccccc32)c1. The maximum atomic E-state index is 13.3. The van der Waals surface area contributed by atoms with Gasteiger partial charge in [-0.1, -0.05) is 24.3 Å². The van der Waals surface area contributed by atoms with Crippen molar-refractivity contribution in [1.82, 2.24) is 9.13 Å². The highest BCUT2D eigenvalue weighted by molar-refractivity contribution is 5.92. The average molecular weight is 503 g/mol. The molecule has 2 N–H and O–H groups in total. The number of carbonyl (C=O) groups is 2. The molecule has 0 atom stereocenters. The first-order valence-corrected chi connectivity index (χ1v) is 12.0. The van der Waals surface area contributed by atoms with Gasteiger partial charge in [0, 0.05) is 24.3 Å². The van der Waals surface area contributed by atoms with Crippen molar-refractivity contribution >= 4 is 34.1 Å². The van der Waals surface area contributed by atoms with Crippen LogP contribution in [-0.4, -0.2) is 20.9 Å². The van der Waals surface area contributed by atoms with Crippen molar-refractivity contribution < 1.29 is 14.0 Å². The number of hydrogen-bond acceptors (Lipinski definition) is 4. The lowest BCUT2D eigenvalue weighted by Crippen LogP contribution is -2.41. The lowest BCUT2D eigenvalue weighted by atomic mass is 10.2. The highest BCUT2D eigenvalue weighted by Crippen LogP contribution is 2.12. The van der Waals surface area contributed by atoms with E-state index in [1.54, 1.807) is 30.3 Å². The number of carbonyl (C=O) groups excluding carboxylic acids is 2. The number of hydrogen-bond donors (Lipinski definition) is 2. The number of nitrogens with one attached hydrogen (secondary N) is 2. The first-order chi connectivity index (χ1) is 17.8. The van der Waals surface area contributed by atoms with Gasteiger partial charge in [-0.2, -0.15) is 0 Å². The van der Waals surface area contributed by atoms with Crippen LogP contribution in [0, 0.1) is 12.7 Å². The number of anilines is 2. The van der Waals surface area contributed by atoms with Gasteiger partial charge < -0.3 is 10.6 Å². The molecule has 4 aromatic rings. The molecular formula is C28H27FN4O4. The number of nitrogens with zero attached hydrogens (tertiary/aromatic N) is 2. The van der Waals surface area contributed by atoms with Crippen LogP contribution in [0.25, 0.3) is 10.9 Å². The third-order valence-electron chi connectivity index (χ3n) is 5.90. The van der Waals surface area contributed by atoms with Gasteiger partial charge >= 0.3 is 5.69 Å². The lowest BCUT2D eigenvalue weighted by molar-refractivity contribution is -0.117. The van der Waals surface area contributed by atoms with Crippen molar-refractivity contribution in [2.24, 2.45) is 0 Å². The summed E-state index contributed by atoms with van der Waals surface area (Å²) in [6.07, 6.45) is 1.01. The first kappa shape index (κ1) is 25.6. The zero-order chi connectivity index (χ0) is 26.4. The molecule has 9 heteroatoms. The number of benzene rings is 3. The first-order valence-electron chi connectivity index (χ1n) is 12.0. The summed E-state index contributed by atoms with van der Waals surface area (Å²) in [7, 11) is 0. The third-order valence-corrected chi connectivity index (χ3v) is 5.90. The van der Waals surface area contributed by atoms with Crippen molar-refractivity contribution in [2.75, 3.05) is 10.6 Å². The molecule has 0 saturated heterocycles. The van der Waals surface area contributed by atoms with Crippen molar-refractivity contribution in [3.05, 3.63) is 105 Å². The van der Waals surface area contributed by atoms with Gasteiger partial charge in [-0.3, -0.25) is 23.5 Å². The Labute approximate surface area is 212 Å². The Kier molecular flexibility index (Phi) is 7.92. The van der Waals surface area contributed by atoms with Crippen LogP contribution < -0.4 is 21.9 Å². The maximum absolute atomic E-state index is 13.3. The van der Waals surface area contributed by atoms with E-state index in [-0.39, 0.29) is 31.3 Å². The molecule has 0 aliphatic rings. The van der Waals surface area contributed by atoms with Crippen LogP contribution in [0.15, 0.2) is 82.4 Å². The molecule has 0 aliphatic carbocycles. The molecule has 37 heavy (non-hydrogen) atoms. The highest BCUT2D eigenvalue weighted by Gasteiger charge is 2.15. The van der Waals surface area contributed by atoms with E-state index >= 15 is 0 Å². The van der Waals surface area contributed by atoms with Crippen molar-refractivity contribution in [3.63, 3.8) is 0 Å². The van der Waals surface area contributed by atoms with E-state index in [2.05, 4.69) is 10.6 Å². The molecule has 0 aliphatic heterocycles. The molecule has 1 aromatic heterocycles. The standard InChI is InChI=1S/C28H27FN4O4/c1-19-7-6-8-22(17-19)31-26(35)18-33-24-10-3-2-9-23(24)27(36)32(28(33)37)16-5-4-11-25(34)30-21-14-12-20(29)13-15-21/h2-3,6-10,12-15,17H,4-5,11,16,18H2,1H3,(H,30,34)(H,31,35). The average Bonchev–Trinajstić information content (AvgIpc) is 2.87. The summed E-state index contributed by atoms with van der Waals surface area (Å²) in [6.45, 7) is 1.76. The van der Waals surface area contributed by atoms with Crippen LogP contribution in [-0.2, 0) is 22.7 Å². The summed E-state index contributed by atoms with van der Waals surface area (Å²) < 4.78 is 15.4. The molecule has 0 radical (unpaired) electrons. The van der Waals surface area contributed by atoms with E-state index in [0.29, 0.717) is 35.1 Å². The second-order valence-corrected chi connectivity index (χ2v) is 8.77. The number of rotatable bonds is 9. The molecule has 2 amide bonds. The summed E-state index contributed by atoms with van der Waals surface area (Å²) in [5, 5.41) is 5.81. The molecular weight excluding hydrogens is 475 g/mol. The van der Waals surface area contributed by atoms with Crippen LogP contribution in [0.2, 0.25) is 0 Å². The fraction of sp³-hybridized carbons (Fsp3) is 0.214. The van der Waals surface area contributed by atoms with E-state index < -0.39 is 17.1 Å². The maximum Gasteiger partial charge on any atom is 0.331 e. The number of amides is 2. The fourth-order valence-corrected chi connectivity index (χ4v) is 4.10. The Morgan fingerprint density at radius 3 is 2.30 bits per heavy atom. The van der Waals surface area contributed by atoms with Crippen LogP contribution in [0.4, 0.5) is 15.8 Å². The normalized spacial score (nSPS) is 10.9. The molecule has 190 valence electrons. The van der Waals surface area contributed by atoms with Crippen molar-refractivity contribution in [1.29, 1.82) is 0 Å². The predicted molar refractivity (Wildman–Crippen MR) is 141 cm³/mol. The van der Waals surface area contributed by atoms with Gasteiger partial charge in [0.05, 0.1) is 10.9 Å². The summed E-state index contributed by atoms with van der Waals surface area (Å²) in [5.74, 6) is -1.03. The van der Waals surface area contributed by atoms with Gasteiger partial charge in [0.15, 0.2) is 0 Å². The molecule has 0 fully saturated rings. The van der Waals surface area contributed by atoms with Crippen LogP contribution in [0.5, 0.6) is 0 Å². The van der Waals surface area contributed by atoms with Gasteiger partial charge in [-0.05, 0) is 73.9 Å². The van der Waals surface area contributed by atoms with E-state index in [1.807, 2.05) is 25.1 Å². The second-order valence-electron chi connectivity index (χ2n) is 8.77. The molecule has 4 rings (SSSR count).